The van der Waals surface area contributed by atoms with E-state index in [-0.39, 0.29) is 0 Å². The molecule has 1 aromatic heterocycles. The molecule has 3 aromatic rings. The Morgan fingerprint density at radius 1 is 1.20 bits per heavy atom. The van der Waals surface area contributed by atoms with Gasteiger partial charge in [-0.15, -0.1) is 11.3 Å². The summed E-state index contributed by atoms with van der Waals surface area (Å²) in [5.74, 6) is 0. The Morgan fingerprint density at radius 3 is 2.92 bits per heavy atom. The summed E-state index contributed by atoms with van der Waals surface area (Å²) in [6.07, 6.45) is 5.43. The first kappa shape index (κ1) is 16.4. The van der Waals surface area contributed by atoms with Gasteiger partial charge in [-0.3, -0.25) is 0 Å². The molecule has 4 rings (SSSR count). The van der Waals surface area contributed by atoms with E-state index in [0.717, 1.165) is 16.9 Å². The molecule has 0 atom stereocenters. The number of nitrogens with zero attached hydrogens (tertiary/aromatic N) is 1. The van der Waals surface area contributed by atoms with Gasteiger partial charge in [0.15, 0.2) is 0 Å². The Labute approximate surface area is 156 Å². The van der Waals surface area contributed by atoms with Gasteiger partial charge >= 0.3 is 0 Å². The molecular weight excluding hydrogens is 344 g/mol. The number of rotatable bonds is 3. The number of anilines is 1. The van der Waals surface area contributed by atoms with Crippen molar-refractivity contribution in [3.05, 3.63) is 69.2 Å². The van der Waals surface area contributed by atoms with Crippen LogP contribution in [-0.2, 0) is 6.42 Å². The third kappa shape index (κ3) is 3.51. The van der Waals surface area contributed by atoms with Gasteiger partial charge in [-0.2, -0.15) is 0 Å². The Bertz CT molecular complexity index is 1010. The number of thioether (sulfide) groups is 1. The largest absolute Gasteiger partial charge is 0.349 e. The maximum atomic E-state index is 4.74. The molecule has 0 unspecified atom stereocenters. The van der Waals surface area contributed by atoms with Gasteiger partial charge in [-0.25, -0.2) is 4.98 Å². The lowest BCUT2D eigenvalue weighted by Crippen LogP contribution is -1.90. The molecule has 1 aliphatic heterocycles. The van der Waals surface area contributed by atoms with E-state index in [1.165, 1.54) is 37.0 Å². The average Bonchev–Trinajstić information content (AvgIpc) is 3.15. The van der Waals surface area contributed by atoms with Crippen LogP contribution in [0.1, 0.15) is 30.0 Å². The Morgan fingerprint density at radius 2 is 2.08 bits per heavy atom. The Balaban J connectivity index is 1.57. The van der Waals surface area contributed by atoms with Crippen molar-refractivity contribution in [2.45, 2.75) is 32.1 Å². The zero-order valence-electron chi connectivity index (χ0n) is 14.6. The number of thiazole rings is 1. The van der Waals surface area contributed by atoms with Crippen molar-refractivity contribution in [2.75, 3.05) is 5.32 Å². The molecule has 0 bridgehead atoms. The van der Waals surface area contributed by atoms with E-state index >= 15 is 0 Å². The fourth-order valence-corrected chi connectivity index (χ4v) is 4.84. The van der Waals surface area contributed by atoms with Gasteiger partial charge < -0.3 is 5.32 Å². The van der Waals surface area contributed by atoms with Crippen LogP contribution in [0.4, 0.5) is 5.69 Å². The molecule has 1 aliphatic rings. The van der Waals surface area contributed by atoms with Crippen molar-refractivity contribution in [2.24, 2.45) is 0 Å². The molecule has 0 spiro atoms. The summed E-state index contributed by atoms with van der Waals surface area (Å²) >= 11 is 3.53. The lowest BCUT2D eigenvalue weighted by molar-refractivity contribution is 1.13. The monoisotopic (exact) mass is 364 g/mol. The van der Waals surface area contributed by atoms with Gasteiger partial charge in [-0.05, 0) is 73.4 Å². The van der Waals surface area contributed by atoms with Gasteiger partial charge in [0, 0.05) is 4.90 Å². The molecule has 0 fully saturated rings. The normalized spacial score (nSPS) is 15.6. The van der Waals surface area contributed by atoms with Crippen LogP contribution in [0.3, 0.4) is 0 Å². The summed E-state index contributed by atoms with van der Waals surface area (Å²) in [5, 5.41) is 5.76. The van der Waals surface area contributed by atoms with E-state index in [9.17, 15) is 0 Å². The molecule has 2 aromatic carbocycles. The summed E-state index contributed by atoms with van der Waals surface area (Å²) in [6.45, 7) is 6.43. The first-order valence-electron chi connectivity index (χ1n) is 8.46. The smallest absolute Gasteiger partial charge is 0.117 e. The van der Waals surface area contributed by atoms with Gasteiger partial charge in [0.25, 0.3) is 0 Å². The van der Waals surface area contributed by atoms with Crippen LogP contribution in [0.15, 0.2) is 58.0 Å². The van der Waals surface area contributed by atoms with E-state index in [1.807, 2.05) is 0 Å². The van der Waals surface area contributed by atoms with E-state index in [1.54, 1.807) is 23.1 Å². The van der Waals surface area contributed by atoms with Gasteiger partial charge in [0.1, 0.15) is 5.01 Å². The minimum atomic E-state index is 1.06. The number of aromatic nitrogens is 1. The predicted molar refractivity (Wildman–Crippen MR) is 111 cm³/mol. The second-order valence-corrected chi connectivity index (χ2v) is 8.48. The summed E-state index contributed by atoms with van der Waals surface area (Å²) < 4.78 is 1.24. The predicted octanol–water partition coefficient (Wildman–Crippen LogP) is 6.63. The highest BCUT2D eigenvalue weighted by atomic mass is 32.2. The zero-order chi connectivity index (χ0) is 17.4. The molecule has 2 nitrogen and oxygen atoms in total. The third-order valence-corrected chi connectivity index (χ3v) is 6.20. The highest BCUT2D eigenvalue weighted by Gasteiger charge is 2.15. The fraction of sp³-hybridized carbons (Fsp3) is 0.190. The third-order valence-electron chi connectivity index (χ3n) is 4.20. The summed E-state index contributed by atoms with van der Waals surface area (Å²) in [7, 11) is 0. The van der Waals surface area contributed by atoms with Crippen LogP contribution in [0.5, 0.6) is 0 Å². The molecular formula is C21H20N2S2. The van der Waals surface area contributed by atoms with E-state index in [4.69, 9.17) is 4.98 Å². The quantitative estimate of drug-likeness (QED) is 0.564. The molecule has 126 valence electrons. The number of nitrogens with one attached hydrogen (secondary N) is 1. The standard InChI is InChI=1S/C21H20N2S2/c1-4-15-6-8-19-17(12-15)23-21(25-19)11-14(3)10-20-22-16-9-13(2)5-7-18(16)24-20/h5-12,23H,4H2,1-3H3/b14-10+,21-11-. The molecule has 0 radical (unpaired) electrons. The summed E-state index contributed by atoms with van der Waals surface area (Å²) in [5.41, 5.74) is 6.13. The molecule has 0 saturated heterocycles. The summed E-state index contributed by atoms with van der Waals surface area (Å²) in [6, 6.07) is 13.1. The van der Waals surface area contributed by atoms with Gasteiger partial charge in [-0.1, -0.05) is 30.8 Å². The minimum Gasteiger partial charge on any atom is -0.349 e. The Kier molecular flexibility index (Phi) is 4.40. The number of hydrogen-bond acceptors (Lipinski definition) is 4. The lowest BCUT2D eigenvalue weighted by atomic mass is 10.1. The van der Waals surface area contributed by atoms with Crippen molar-refractivity contribution < 1.29 is 0 Å². The van der Waals surface area contributed by atoms with Crippen LogP contribution < -0.4 is 5.32 Å². The number of hydrogen-bond donors (Lipinski definition) is 1. The van der Waals surface area contributed by atoms with Gasteiger partial charge in [0.2, 0.25) is 0 Å². The van der Waals surface area contributed by atoms with Crippen LogP contribution >= 0.6 is 23.1 Å². The maximum absolute atomic E-state index is 4.74. The zero-order valence-corrected chi connectivity index (χ0v) is 16.2. The summed E-state index contributed by atoms with van der Waals surface area (Å²) in [4.78, 5) is 6.03. The van der Waals surface area contributed by atoms with E-state index in [0.29, 0.717) is 0 Å². The molecule has 0 saturated carbocycles. The van der Waals surface area contributed by atoms with Crippen LogP contribution in [-0.4, -0.2) is 4.98 Å². The van der Waals surface area contributed by atoms with Crippen LogP contribution in [0.25, 0.3) is 16.3 Å². The van der Waals surface area contributed by atoms with Crippen molar-refractivity contribution in [3.63, 3.8) is 0 Å². The lowest BCUT2D eigenvalue weighted by Gasteiger charge is -2.01. The number of fused-ring (bicyclic) bond motifs is 2. The second-order valence-electron chi connectivity index (χ2n) is 6.33. The van der Waals surface area contributed by atoms with E-state index < -0.39 is 0 Å². The van der Waals surface area contributed by atoms with Crippen molar-refractivity contribution >= 4 is 45.1 Å². The van der Waals surface area contributed by atoms with E-state index in [2.05, 4.69) is 74.6 Å². The number of aryl methyl sites for hydroxylation is 2. The molecule has 4 heteroatoms. The maximum Gasteiger partial charge on any atom is 0.117 e. The first-order valence-corrected chi connectivity index (χ1v) is 10.1. The van der Waals surface area contributed by atoms with Crippen molar-refractivity contribution in [1.29, 1.82) is 0 Å². The molecule has 0 aliphatic carbocycles. The average molecular weight is 365 g/mol. The highest BCUT2D eigenvalue weighted by molar-refractivity contribution is 8.03. The molecule has 1 N–H and O–H groups in total. The molecule has 0 amide bonds. The molecule has 25 heavy (non-hydrogen) atoms. The topological polar surface area (TPSA) is 24.9 Å². The van der Waals surface area contributed by atoms with Crippen LogP contribution in [0.2, 0.25) is 0 Å². The SMILES string of the molecule is CCc1ccc2c(c1)N/C(=C/C(C)=C/c1nc3cc(C)ccc3s1)S2. The highest BCUT2D eigenvalue weighted by Crippen LogP contribution is 2.41. The van der Waals surface area contributed by atoms with Crippen molar-refractivity contribution in [1.82, 2.24) is 4.98 Å². The first-order chi connectivity index (χ1) is 12.1. The fourth-order valence-electron chi connectivity index (χ4n) is 2.89. The van der Waals surface area contributed by atoms with Crippen LogP contribution in [0, 0.1) is 6.92 Å². The number of benzene rings is 2. The molecule has 2 heterocycles. The number of allylic oxidation sites excluding steroid dienone is 2. The second kappa shape index (κ2) is 6.70. The van der Waals surface area contributed by atoms with Gasteiger partial charge in [0.05, 0.1) is 20.9 Å². The van der Waals surface area contributed by atoms with Crippen molar-refractivity contribution in [3.8, 4) is 0 Å². The Hall–Kier alpha value is -2.04. The minimum absolute atomic E-state index is 1.06.